The Balaban J connectivity index is 1.74. The van der Waals surface area contributed by atoms with Crippen molar-refractivity contribution < 1.29 is 13.9 Å². The molecule has 0 radical (unpaired) electrons. The maximum Gasteiger partial charge on any atom is 0.340 e. The number of nitrogens with one attached hydrogen (secondary N) is 1. The highest BCUT2D eigenvalue weighted by Crippen LogP contribution is 2.30. The van der Waals surface area contributed by atoms with Gasteiger partial charge in [0.2, 0.25) is 5.91 Å². The number of carbonyl (C=O) groups excluding carboxylic acids is 1. The van der Waals surface area contributed by atoms with Crippen LogP contribution in [-0.4, -0.2) is 19.1 Å². The van der Waals surface area contributed by atoms with E-state index < -0.39 is 5.63 Å². The van der Waals surface area contributed by atoms with Gasteiger partial charge in [-0.25, -0.2) is 4.79 Å². The highest BCUT2D eigenvalue weighted by Gasteiger charge is 2.18. The standard InChI is InChI=1S/C24H27NO4/c1-15-12-20(28-4)23-17(3)19(24(27)29-21(23)13-15)14-22(26)25-16(2)10-11-18-8-6-5-7-9-18/h5-9,12-13,16H,10-11,14H2,1-4H3,(H,25,26)/t16-/m1/s1. The number of methoxy groups -OCH3 is 1. The molecule has 0 unspecified atom stereocenters. The smallest absolute Gasteiger partial charge is 0.340 e. The minimum atomic E-state index is -0.477. The van der Waals surface area contributed by atoms with Crippen molar-refractivity contribution in [1.82, 2.24) is 5.32 Å². The van der Waals surface area contributed by atoms with Crippen molar-refractivity contribution in [2.75, 3.05) is 7.11 Å². The van der Waals surface area contributed by atoms with Crippen LogP contribution in [-0.2, 0) is 17.6 Å². The summed E-state index contributed by atoms with van der Waals surface area (Å²) < 4.78 is 11.0. The summed E-state index contributed by atoms with van der Waals surface area (Å²) in [4.78, 5) is 25.1. The molecule has 1 heterocycles. The summed E-state index contributed by atoms with van der Waals surface area (Å²) >= 11 is 0. The van der Waals surface area contributed by atoms with E-state index in [1.54, 1.807) is 7.11 Å². The minimum absolute atomic E-state index is 0.00713. The molecule has 5 heteroatoms. The van der Waals surface area contributed by atoms with Crippen molar-refractivity contribution in [3.63, 3.8) is 0 Å². The minimum Gasteiger partial charge on any atom is -0.496 e. The Hall–Kier alpha value is -3.08. The van der Waals surface area contributed by atoms with Crippen LogP contribution in [0.4, 0.5) is 0 Å². The fourth-order valence-corrected chi connectivity index (χ4v) is 3.59. The summed E-state index contributed by atoms with van der Waals surface area (Å²) in [5.74, 6) is 0.450. The van der Waals surface area contributed by atoms with Gasteiger partial charge in [-0.2, -0.15) is 0 Å². The lowest BCUT2D eigenvalue weighted by molar-refractivity contribution is -0.121. The Morgan fingerprint density at radius 2 is 1.90 bits per heavy atom. The molecule has 3 rings (SSSR count). The zero-order chi connectivity index (χ0) is 21.0. The molecule has 0 saturated carbocycles. The van der Waals surface area contributed by atoms with E-state index in [2.05, 4.69) is 17.4 Å². The molecule has 0 bridgehead atoms. The number of hydrogen-bond donors (Lipinski definition) is 1. The summed E-state index contributed by atoms with van der Waals surface area (Å²) in [6.07, 6.45) is 1.70. The Morgan fingerprint density at radius 3 is 2.59 bits per heavy atom. The first-order valence-corrected chi connectivity index (χ1v) is 9.83. The number of benzene rings is 2. The van der Waals surface area contributed by atoms with Gasteiger partial charge in [-0.1, -0.05) is 30.3 Å². The second-order valence-corrected chi connectivity index (χ2v) is 7.50. The first kappa shape index (κ1) is 20.6. The lowest BCUT2D eigenvalue weighted by atomic mass is 10.0. The summed E-state index contributed by atoms with van der Waals surface area (Å²) in [5.41, 5.74) is 3.27. The van der Waals surface area contributed by atoms with E-state index >= 15 is 0 Å². The highest BCUT2D eigenvalue weighted by atomic mass is 16.5. The van der Waals surface area contributed by atoms with Crippen LogP contribution in [0.15, 0.2) is 51.7 Å². The van der Waals surface area contributed by atoms with Gasteiger partial charge in [0.15, 0.2) is 0 Å². The van der Waals surface area contributed by atoms with Crippen LogP contribution >= 0.6 is 0 Å². The molecule has 29 heavy (non-hydrogen) atoms. The number of hydrogen-bond acceptors (Lipinski definition) is 4. The Morgan fingerprint density at radius 1 is 1.17 bits per heavy atom. The number of fused-ring (bicyclic) bond motifs is 1. The molecule has 0 aliphatic carbocycles. The fourth-order valence-electron chi connectivity index (χ4n) is 3.59. The normalized spacial score (nSPS) is 12.0. The second kappa shape index (κ2) is 8.95. The lowest BCUT2D eigenvalue weighted by Gasteiger charge is -2.15. The predicted molar refractivity (Wildman–Crippen MR) is 115 cm³/mol. The van der Waals surface area contributed by atoms with E-state index in [1.807, 2.05) is 51.1 Å². The Kier molecular flexibility index (Phi) is 6.37. The molecule has 1 amide bonds. The molecule has 0 aliphatic rings. The first-order chi connectivity index (χ1) is 13.9. The van der Waals surface area contributed by atoms with E-state index in [-0.39, 0.29) is 18.4 Å². The van der Waals surface area contributed by atoms with Crippen LogP contribution in [0.2, 0.25) is 0 Å². The molecule has 152 valence electrons. The molecule has 0 fully saturated rings. The first-order valence-electron chi connectivity index (χ1n) is 9.83. The predicted octanol–water partition coefficient (Wildman–Crippen LogP) is 4.10. The molecule has 1 N–H and O–H groups in total. The van der Waals surface area contributed by atoms with Crippen LogP contribution in [0.1, 0.15) is 35.6 Å². The molecular formula is C24H27NO4. The number of aryl methyl sites for hydroxylation is 3. The SMILES string of the molecule is COc1cc(C)cc2oc(=O)c(CC(=O)N[C@H](C)CCc3ccccc3)c(C)c12. The van der Waals surface area contributed by atoms with E-state index in [4.69, 9.17) is 9.15 Å². The Bertz CT molecular complexity index is 1070. The molecule has 2 aromatic carbocycles. The zero-order valence-corrected chi connectivity index (χ0v) is 17.4. The van der Waals surface area contributed by atoms with Crippen molar-refractivity contribution in [3.05, 3.63) is 75.1 Å². The number of ether oxygens (including phenoxy) is 1. The van der Waals surface area contributed by atoms with Crippen molar-refractivity contribution in [2.24, 2.45) is 0 Å². The molecule has 0 spiro atoms. The van der Waals surface area contributed by atoms with Gasteiger partial charge in [-0.05, 0) is 62.4 Å². The summed E-state index contributed by atoms with van der Waals surface area (Å²) in [6.45, 7) is 5.72. The van der Waals surface area contributed by atoms with Gasteiger partial charge >= 0.3 is 5.63 Å². The largest absolute Gasteiger partial charge is 0.496 e. The molecule has 1 atom stereocenters. The molecule has 0 saturated heterocycles. The van der Waals surface area contributed by atoms with E-state index in [1.165, 1.54) is 5.56 Å². The monoisotopic (exact) mass is 393 g/mol. The lowest BCUT2D eigenvalue weighted by Crippen LogP contribution is -2.35. The van der Waals surface area contributed by atoms with E-state index in [9.17, 15) is 9.59 Å². The average molecular weight is 393 g/mol. The highest BCUT2D eigenvalue weighted by molar-refractivity contribution is 5.89. The maximum absolute atomic E-state index is 12.6. The van der Waals surface area contributed by atoms with Crippen molar-refractivity contribution in [3.8, 4) is 5.75 Å². The van der Waals surface area contributed by atoms with Crippen molar-refractivity contribution in [1.29, 1.82) is 0 Å². The van der Waals surface area contributed by atoms with Crippen LogP contribution in [0, 0.1) is 13.8 Å². The summed E-state index contributed by atoms with van der Waals surface area (Å²) in [7, 11) is 1.58. The third-order valence-electron chi connectivity index (χ3n) is 5.16. The van der Waals surface area contributed by atoms with E-state index in [0.717, 1.165) is 29.4 Å². The van der Waals surface area contributed by atoms with Gasteiger partial charge in [-0.15, -0.1) is 0 Å². The van der Waals surface area contributed by atoms with Crippen LogP contribution in [0.3, 0.4) is 0 Å². The third-order valence-corrected chi connectivity index (χ3v) is 5.16. The van der Waals surface area contributed by atoms with Crippen LogP contribution in [0.25, 0.3) is 11.0 Å². The quantitative estimate of drug-likeness (QED) is 0.614. The van der Waals surface area contributed by atoms with Crippen LogP contribution in [0.5, 0.6) is 5.75 Å². The summed E-state index contributed by atoms with van der Waals surface area (Å²) in [5, 5.41) is 3.72. The van der Waals surface area contributed by atoms with Gasteiger partial charge in [0.05, 0.1) is 24.5 Å². The van der Waals surface area contributed by atoms with Gasteiger partial charge in [-0.3, -0.25) is 4.79 Å². The molecule has 1 aromatic heterocycles. The topological polar surface area (TPSA) is 68.5 Å². The average Bonchev–Trinajstić information content (AvgIpc) is 2.69. The molecule has 0 aliphatic heterocycles. The second-order valence-electron chi connectivity index (χ2n) is 7.50. The van der Waals surface area contributed by atoms with Crippen molar-refractivity contribution >= 4 is 16.9 Å². The number of carbonyl (C=O) groups is 1. The van der Waals surface area contributed by atoms with Gasteiger partial charge < -0.3 is 14.5 Å². The fraction of sp³-hybridized carbons (Fsp3) is 0.333. The third kappa shape index (κ3) is 4.86. The zero-order valence-electron chi connectivity index (χ0n) is 17.4. The Labute approximate surface area is 170 Å². The molecule has 3 aromatic rings. The van der Waals surface area contributed by atoms with Gasteiger partial charge in [0.25, 0.3) is 0 Å². The number of rotatable bonds is 7. The molecule has 5 nitrogen and oxygen atoms in total. The summed E-state index contributed by atoms with van der Waals surface area (Å²) in [6, 6.07) is 13.9. The van der Waals surface area contributed by atoms with Crippen LogP contribution < -0.4 is 15.7 Å². The van der Waals surface area contributed by atoms with Crippen molar-refractivity contribution in [2.45, 2.75) is 46.1 Å². The van der Waals surface area contributed by atoms with Gasteiger partial charge in [0, 0.05) is 6.04 Å². The molecular weight excluding hydrogens is 366 g/mol. The number of amides is 1. The van der Waals surface area contributed by atoms with E-state index in [0.29, 0.717) is 16.9 Å². The van der Waals surface area contributed by atoms with Gasteiger partial charge in [0.1, 0.15) is 11.3 Å². The maximum atomic E-state index is 12.6.